The van der Waals surface area contributed by atoms with E-state index in [0.717, 1.165) is 15.4 Å². The molecule has 120 valence electrons. The zero-order valence-electron chi connectivity index (χ0n) is 12.8. The molecule has 0 aliphatic rings. The van der Waals surface area contributed by atoms with Crippen molar-refractivity contribution in [2.45, 2.75) is 16.4 Å². The molecule has 0 bridgehead atoms. The highest BCUT2D eigenvalue weighted by molar-refractivity contribution is 7.99. The predicted octanol–water partition coefficient (Wildman–Crippen LogP) is 5.85. The first-order valence-corrected chi connectivity index (χ1v) is 8.65. The maximum Gasteiger partial charge on any atom is 0.338 e. The standard InChI is InChI=1S/C20H15ClO2S/c21-17-12-10-15(11-13-17)20(22)23-14-16-6-4-5-9-19(16)24-18-7-2-1-3-8-18/h1-13H,14H2. The number of carbonyl (C=O) groups excluding carboxylic acids is 1. The summed E-state index contributed by atoms with van der Waals surface area (Å²) < 4.78 is 5.44. The maximum absolute atomic E-state index is 12.1. The van der Waals surface area contributed by atoms with E-state index in [0.29, 0.717) is 10.6 Å². The van der Waals surface area contributed by atoms with Crippen LogP contribution in [0.1, 0.15) is 15.9 Å². The molecule has 0 unspecified atom stereocenters. The van der Waals surface area contributed by atoms with Gasteiger partial charge in [0.05, 0.1) is 5.56 Å². The molecule has 0 heterocycles. The fourth-order valence-corrected chi connectivity index (χ4v) is 3.23. The molecule has 24 heavy (non-hydrogen) atoms. The number of benzene rings is 3. The summed E-state index contributed by atoms with van der Waals surface area (Å²) in [7, 11) is 0. The summed E-state index contributed by atoms with van der Waals surface area (Å²) in [6.45, 7) is 0.234. The quantitative estimate of drug-likeness (QED) is 0.538. The van der Waals surface area contributed by atoms with E-state index in [-0.39, 0.29) is 12.6 Å². The van der Waals surface area contributed by atoms with Crippen molar-refractivity contribution in [1.29, 1.82) is 0 Å². The monoisotopic (exact) mass is 354 g/mol. The van der Waals surface area contributed by atoms with Crippen molar-refractivity contribution in [2.75, 3.05) is 0 Å². The van der Waals surface area contributed by atoms with Gasteiger partial charge < -0.3 is 4.74 Å². The van der Waals surface area contributed by atoms with Gasteiger partial charge in [0.2, 0.25) is 0 Å². The van der Waals surface area contributed by atoms with Crippen LogP contribution in [-0.2, 0) is 11.3 Å². The van der Waals surface area contributed by atoms with Crippen LogP contribution in [0, 0.1) is 0 Å². The van der Waals surface area contributed by atoms with Crippen molar-refractivity contribution >= 4 is 29.3 Å². The van der Waals surface area contributed by atoms with Crippen molar-refractivity contribution in [2.24, 2.45) is 0 Å². The minimum absolute atomic E-state index is 0.234. The van der Waals surface area contributed by atoms with Gasteiger partial charge in [-0.25, -0.2) is 4.79 Å². The summed E-state index contributed by atoms with van der Waals surface area (Å²) in [6, 6.07) is 24.7. The Morgan fingerprint density at radius 1 is 0.875 bits per heavy atom. The number of esters is 1. The molecule has 3 rings (SSSR count). The average Bonchev–Trinajstić information content (AvgIpc) is 2.62. The van der Waals surface area contributed by atoms with Crippen molar-refractivity contribution in [3.05, 3.63) is 95.0 Å². The second kappa shape index (κ2) is 8.04. The van der Waals surface area contributed by atoms with Crippen molar-refractivity contribution in [3.8, 4) is 0 Å². The molecule has 0 saturated heterocycles. The molecule has 3 aromatic rings. The van der Waals surface area contributed by atoms with Gasteiger partial charge in [-0.2, -0.15) is 0 Å². The van der Waals surface area contributed by atoms with Gasteiger partial charge in [0.1, 0.15) is 6.61 Å². The molecule has 0 amide bonds. The number of ether oxygens (including phenoxy) is 1. The zero-order valence-corrected chi connectivity index (χ0v) is 14.4. The Hall–Kier alpha value is -2.23. The second-order valence-electron chi connectivity index (χ2n) is 5.11. The minimum Gasteiger partial charge on any atom is -0.457 e. The van der Waals surface area contributed by atoms with Gasteiger partial charge in [-0.3, -0.25) is 0 Å². The molecule has 0 radical (unpaired) electrons. The lowest BCUT2D eigenvalue weighted by Crippen LogP contribution is -2.05. The van der Waals surface area contributed by atoms with Crippen LogP contribution in [-0.4, -0.2) is 5.97 Å². The summed E-state index contributed by atoms with van der Waals surface area (Å²) in [5.74, 6) is -0.355. The molecule has 0 saturated carbocycles. The van der Waals surface area contributed by atoms with Gasteiger partial charge in [0.15, 0.2) is 0 Å². The molecule has 4 heteroatoms. The van der Waals surface area contributed by atoms with Crippen LogP contribution < -0.4 is 0 Å². The van der Waals surface area contributed by atoms with Gasteiger partial charge in [0.25, 0.3) is 0 Å². The Kier molecular flexibility index (Phi) is 5.57. The SMILES string of the molecule is O=C(OCc1ccccc1Sc1ccccc1)c1ccc(Cl)cc1. The van der Waals surface area contributed by atoms with Gasteiger partial charge >= 0.3 is 5.97 Å². The lowest BCUT2D eigenvalue weighted by molar-refractivity contribution is 0.0470. The van der Waals surface area contributed by atoms with E-state index in [2.05, 4.69) is 12.1 Å². The fourth-order valence-electron chi connectivity index (χ4n) is 2.15. The Balaban J connectivity index is 1.69. The summed E-state index contributed by atoms with van der Waals surface area (Å²) >= 11 is 7.49. The number of hydrogen-bond donors (Lipinski definition) is 0. The highest BCUT2D eigenvalue weighted by Crippen LogP contribution is 2.30. The first-order valence-electron chi connectivity index (χ1n) is 7.46. The molecule has 0 aliphatic carbocycles. The first-order chi connectivity index (χ1) is 11.7. The highest BCUT2D eigenvalue weighted by Gasteiger charge is 2.10. The molecule has 0 N–H and O–H groups in total. The Morgan fingerprint density at radius 3 is 2.29 bits per heavy atom. The average molecular weight is 355 g/mol. The van der Waals surface area contributed by atoms with Crippen molar-refractivity contribution in [3.63, 3.8) is 0 Å². The molecule has 2 nitrogen and oxygen atoms in total. The molecule has 0 fully saturated rings. The van der Waals surface area contributed by atoms with Crippen LogP contribution in [0.5, 0.6) is 0 Å². The molecule has 3 aromatic carbocycles. The third-order valence-electron chi connectivity index (χ3n) is 3.38. The number of halogens is 1. The fraction of sp³-hybridized carbons (Fsp3) is 0.0500. The third-order valence-corrected chi connectivity index (χ3v) is 4.76. The molecule has 0 spiro atoms. The van der Waals surface area contributed by atoms with E-state index >= 15 is 0 Å². The smallest absolute Gasteiger partial charge is 0.338 e. The van der Waals surface area contributed by atoms with Gasteiger partial charge in [-0.15, -0.1) is 0 Å². The van der Waals surface area contributed by atoms with E-state index in [1.807, 2.05) is 42.5 Å². The topological polar surface area (TPSA) is 26.3 Å². The number of rotatable bonds is 5. The van der Waals surface area contributed by atoms with Crippen LogP contribution in [0.25, 0.3) is 0 Å². The molecular formula is C20H15ClO2S. The van der Waals surface area contributed by atoms with E-state index in [1.165, 1.54) is 0 Å². The van der Waals surface area contributed by atoms with Crippen LogP contribution in [0.15, 0.2) is 88.7 Å². The Morgan fingerprint density at radius 2 is 1.54 bits per heavy atom. The third kappa shape index (κ3) is 4.40. The van der Waals surface area contributed by atoms with Crippen molar-refractivity contribution < 1.29 is 9.53 Å². The van der Waals surface area contributed by atoms with E-state index in [9.17, 15) is 4.79 Å². The largest absolute Gasteiger partial charge is 0.457 e. The number of hydrogen-bond acceptors (Lipinski definition) is 3. The summed E-state index contributed by atoms with van der Waals surface area (Å²) in [4.78, 5) is 14.4. The number of carbonyl (C=O) groups is 1. The molecular weight excluding hydrogens is 340 g/mol. The summed E-state index contributed by atoms with van der Waals surface area (Å²) in [6.07, 6.45) is 0. The predicted molar refractivity (Wildman–Crippen MR) is 97.6 cm³/mol. The lowest BCUT2D eigenvalue weighted by atomic mass is 10.2. The van der Waals surface area contributed by atoms with Gasteiger partial charge in [-0.05, 0) is 42.5 Å². The maximum atomic E-state index is 12.1. The van der Waals surface area contributed by atoms with E-state index < -0.39 is 0 Å². The first kappa shape index (κ1) is 16.6. The summed E-state index contributed by atoms with van der Waals surface area (Å²) in [5.41, 5.74) is 1.47. The Labute approximate surface area is 150 Å². The highest BCUT2D eigenvalue weighted by atomic mass is 35.5. The molecule has 0 aliphatic heterocycles. The Bertz CT molecular complexity index is 817. The van der Waals surface area contributed by atoms with Crippen molar-refractivity contribution in [1.82, 2.24) is 0 Å². The van der Waals surface area contributed by atoms with Gasteiger partial charge in [-0.1, -0.05) is 59.8 Å². The van der Waals surface area contributed by atoms with Crippen LogP contribution >= 0.6 is 23.4 Å². The minimum atomic E-state index is -0.355. The van der Waals surface area contributed by atoms with E-state index in [1.54, 1.807) is 36.0 Å². The summed E-state index contributed by atoms with van der Waals surface area (Å²) in [5, 5.41) is 0.594. The molecule has 0 atom stereocenters. The second-order valence-corrected chi connectivity index (χ2v) is 6.66. The molecule has 0 aromatic heterocycles. The van der Waals surface area contributed by atoms with Crippen LogP contribution in [0.3, 0.4) is 0 Å². The van der Waals surface area contributed by atoms with E-state index in [4.69, 9.17) is 16.3 Å². The zero-order chi connectivity index (χ0) is 16.8. The van der Waals surface area contributed by atoms with Gasteiger partial charge in [0, 0.05) is 20.4 Å². The lowest BCUT2D eigenvalue weighted by Gasteiger charge is -2.10. The van der Waals surface area contributed by atoms with Crippen LogP contribution in [0.2, 0.25) is 5.02 Å². The van der Waals surface area contributed by atoms with Crippen LogP contribution in [0.4, 0.5) is 0 Å². The normalized spacial score (nSPS) is 10.4.